The summed E-state index contributed by atoms with van der Waals surface area (Å²) in [7, 11) is 0. The predicted molar refractivity (Wildman–Crippen MR) is 231 cm³/mol. The minimum atomic E-state index is -1.62. The van der Waals surface area contributed by atoms with Gasteiger partial charge in [-0.15, -0.1) is 0 Å². The van der Waals surface area contributed by atoms with Crippen molar-refractivity contribution in [3.8, 4) is 11.5 Å². The van der Waals surface area contributed by atoms with E-state index in [9.17, 15) is 58.5 Å². The largest absolute Gasteiger partial charge is 0.508 e. The average molecular weight is 889 g/mol. The molecular formula is C44H56N8O12. The number of phenolic OH excluding ortho intramolecular Hbond substituents is 2. The highest BCUT2D eigenvalue weighted by molar-refractivity contribution is 5.91. The predicted octanol–water partition coefficient (Wildman–Crippen LogP) is -0.930. The number of hydrogen-bond acceptors (Lipinski definition) is 11. The van der Waals surface area contributed by atoms with Crippen LogP contribution in [0.3, 0.4) is 0 Å². The van der Waals surface area contributed by atoms with Crippen LogP contribution in [0.15, 0.2) is 78.9 Å². The van der Waals surface area contributed by atoms with Crippen LogP contribution in [-0.4, -0.2) is 119 Å². The quantitative estimate of drug-likeness (QED) is 0.0520. The molecule has 0 aliphatic heterocycles. The molecule has 11 N–H and O–H groups in total. The van der Waals surface area contributed by atoms with Crippen molar-refractivity contribution in [3.63, 3.8) is 0 Å². The van der Waals surface area contributed by atoms with Crippen LogP contribution in [0.2, 0.25) is 0 Å². The molecule has 0 saturated heterocycles. The Hall–Kier alpha value is -7.51. The van der Waals surface area contributed by atoms with Crippen molar-refractivity contribution in [1.82, 2.24) is 42.5 Å². The molecule has 0 fully saturated rings. The summed E-state index contributed by atoms with van der Waals surface area (Å²) in [4.78, 5) is 116. The molecule has 20 nitrogen and oxygen atoms in total. The summed E-state index contributed by atoms with van der Waals surface area (Å²) in [6, 6.07) is 15.5. The molecule has 3 aromatic carbocycles. The number of phenols is 2. The van der Waals surface area contributed by atoms with Crippen molar-refractivity contribution in [2.45, 2.75) is 77.5 Å². The molecule has 8 amide bonds. The molecule has 64 heavy (non-hydrogen) atoms. The first-order chi connectivity index (χ1) is 30.2. The van der Waals surface area contributed by atoms with Crippen LogP contribution < -0.4 is 42.5 Å². The highest BCUT2D eigenvalue weighted by Crippen LogP contribution is 2.18. The van der Waals surface area contributed by atoms with Crippen LogP contribution in [-0.2, 0) is 62.4 Å². The third kappa shape index (κ3) is 18.2. The van der Waals surface area contributed by atoms with E-state index in [4.69, 9.17) is 0 Å². The molecule has 0 radical (unpaired) electrons. The number of benzene rings is 3. The molecule has 0 unspecified atom stereocenters. The van der Waals surface area contributed by atoms with Gasteiger partial charge in [0.2, 0.25) is 47.3 Å². The van der Waals surface area contributed by atoms with Gasteiger partial charge in [0, 0.05) is 78.6 Å². The van der Waals surface area contributed by atoms with Crippen LogP contribution >= 0.6 is 0 Å². The van der Waals surface area contributed by atoms with Gasteiger partial charge in [0.25, 0.3) is 0 Å². The Morgan fingerprint density at radius 3 is 1.02 bits per heavy atom. The number of hydrogen-bond donors (Lipinski definition) is 11. The van der Waals surface area contributed by atoms with E-state index in [1.807, 2.05) is 0 Å². The molecule has 0 spiro atoms. The number of carbonyl (C=O) groups is 9. The Balaban J connectivity index is 2.09. The third-order valence-corrected chi connectivity index (χ3v) is 9.74. The molecule has 0 aliphatic carbocycles. The van der Waals surface area contributed by atoms with E-state index >= 15 is 0 Å². The van der Waals surface area contributed by atoms with Gasteiger partial charge in [-0.3, -0.25) is 43.2 Å². The van der Waals surface area contributed by atoms with Crippen molar-refractivity contribution in [2.75, 3.05) is 26.2 Å². The summed E-state index contributed by atoms with van der Waals surface area (Å²) in [6.07, 6.45) is -0.831. The summed E-state index contributed by atoms with van der Waals surface area (Å²) in [5.41, 5.74) is 0.207. The standard InChI is InChI=1S/C44H56N8O12/c1-26(53)49-35(18-30-8-6-5-7-9-30)40(61)45-22-44(25-48-43(64)38(21-39(59)60)52-29(4)56,23-46-41(62)36(50-27(2)54)19-31-10-14-33(57)15-11-31)24-47-42(63)37(51-28(3)55)20-32-12-16-34(58)17-13-32/h5-17,35-38,57-58H,18-25H2,1-4H3,(H,45,61)(H,46,62)(H,47,63)(H,48,64)(H,49,53)(H,50,54)(H,51,55)(H,52,56)(H,59,60)/t35-,36-,37-,38-/m0/s1. The van der Waals surface area contributed by atoms with E-state index in [0.29, 0.717) is 16.7 Å². The Kier molecular flexibility index (Phi) is 19.7. The van der Waals surface area contributed by atoms with Gasteiger partial charge >= 0.3 is 5.97 Å². The molecule has 0 aromatic heterocycles. The van der Waals surface area contributed by atoms with Crippen molar-refractivity contribution < 1.29 is 58.5 Å². The van der Waals surface area contributed by atoms with Gasteiger partial charge in [-0.2, -0.15) is 0 Å². The topological polar surface area (TPSA) is 311 Å². The highest BCUT2D eigenvalue weighted by atomic mass is 16.4. The second-order valence-electron chi connectivity index (χ2n) is 15.4. The van der Waals surface area contributed by atoms with Gasteiger partial charge < -0.3 is 57.9 Å². The minimum Gasteiger partial charge on any atom is -0.508 e. The molecular weight excluding hydrogens is 833 g/mol. The molecule has 4 atom stereocenters. The number of carbonyl (C=O) groups excluding carboxylic acids is 8. The summed E-state index contributed by atoms with van der Waals surface area (Å²) >= 11 is 0. The van der Waals surface area contributed by atoms with Gasteiger partial charge in [-0.05, 0) is 41.0 Å². The van der Waals surface area contributed by atoms with Gasteiger partial charge in [-0.25, -0.2) is 0 Å². The Bertz CT molecular complexity index is 2020. The lowest BCUT2D eigenvalue weighted by atomic mass is 9.86. The van der Waals surface area contributed by atoms with Crippen molar-refractivity contribution in [2.24, 2.45) is 5.41 Å². The Morgan fingerprint density at radius 1 is 0.438 bits per heavy atom. The van der Waals surface area contributed by atoms with E-state index in [1.165, 1.54) is 45.0 Å². The maximum Gasteiger partial charge on any atom is 0.305 e. The number of carboxylic acids is 1. The minimum absolute atomic E-state index is 0.0300. The molecule has 0 heterocycles. The van der Waals surface area contributed by atoms with Crippen molar-refractivity contribution in [1.29, 1.82) is 0 Å². The van der Waals surface area contributed by atoms with Crippen molar-refractivity contribution in [3.05, 3.63) is 95.6 Å². The molecule has 0 bridgehead atoms. The normalized spacial score (nSPS) is 12.8. The average Bonchev–Trinajstić information content (AvgIpc) is 3.22. The zero-order valence-corrected chi connectivity index (χ0v) is 36.0. The SMILES string of the molecule is CC(=O)N[C@@H](CC(=O)O)C(=O)NCC(CNC(=O)[C@H](Cc1ccccc1)NC(C)=O)(CNC(=O)[C@H](Cc1ccc(O)cc1)NC(C)=O)CNC(=O)[C@H](Cc1ccc(O)cc1)NC(C)=O. The second kappa shape index (κ2) is 24.8. The molecule has 0 aliphatic rings. The first-order valence-corrected chi connectivity index (χ1v) is 20.2. The molecule has 3 rings (SSSR count). The van der Waals surface area contributed by atoms with E-state index in [0.717, 1.165) is 6.92 Å². The summed E-state index contributed by atoms with van der Waals surface area (Å²) in [5.74, 6) is -6.94. The summed E-state index contributed by atoms with van der Waals surface area (Å²) < 4.78 is 0. The fourth-order valence-corrected chi connectivity index (χ4v) is 6.54. The number of rotatable bonds is 24. The lowest BCUT2D eigenvalue weighted by Gasteiger charge is -2.36. The van der Waals surface area contributed by atoms with Gasteiger partial charge in [-0.1, -0.05) is 54.6 Å². The molecule has 3 aromatic rings. The first kappa shape index (κ1) is 50.8. The fourth-order valence-electron chi connectivity index (χ4n) is 6.54. The third-order valence-electron chi connectivity index (χ3n) is 9.74. The van der Waals surface area contributed by atoms with E-state index in [-0.39, 0.29) is 30.8 Å². The Labute approximate surface area is 369 Å². The number of amides is 8. The van der Waals surface area contributed by atoms with Crippen LogP contribution in [0.1, 0.15) is 50.8 Å². The van der Waals surface area contributed by atoms with Crippen LogP contribution in [0.25, 0.3) is 0 Å². The number of carboxylic acid groups (broad SMARTS) is 1. The van der Waals surface area contributed by atoms with Crippen molar-refractivity contribution >= 4 is 53.2 Å². The number of nitrogens with one attached hydrogen (secondary N) is 8. The van der Waals surface area contributed by atoms with Crippen LogP contribution in [0.4, 0.5) is 0 Å². The number of aromatic hydroxyl groups is 2. The smallest absolute Gasteiger partial charge is 0.305 e. The molecule has 344 valence electrons. The van der Waals surface area contributed by atoms with Gasteiger partial charge in [0.1, 0.15) is 35.7 Å². The van der Waals surface area contributed by atoms with E-state index in [2.05, 4.69) is 42.5 Å². The first-order valence-electron chi connectivity index (χ1n) is 20.2. The fraction of sp³-hybridized carbons (Fsp3) is 0.386. The van der Waals surface area contributed by atoms with Crippen LogP contribution in [0, 0.1) is 5.41 Å². The summed E-state index contributed by atoms with van der Waals surface area (Å²) in [6.45, 7) is 2.88. The number of aliphatic carboxylic acids is 1. The second-order valence-corrected chi connectivity index (χ2v) is 15.4. The molecule has 20 heteroatoms. The van der Waals surface area contributed by atoms with E-state index < -0.39 is 115 Å². The maximum atomic E-state index is 14.0. The zero-order valence-electron chi connectivity index (χ0n) is 36.0. The monoisotopic (exact) mass is 888 g/mol. The lowest BCUT2D eigenvalue weighted by molar-refractivity contribution is -0.140. The van der Waals surface area contributed by atoms with E-state index in [1.54, 1.807) is 54.6 Å². The van der Waals surface area contributed by atoms with Gasteiger partial charge in [0.15, 0.2) is 0 Å². The highest BCUT2D eigenvalue weighted by Gasteiger charge is 2.37. The lowest BCUT2D eigenvalue weighted by Crippen LogP contribution is -2.61. The Morgan fingerprint density at radius 2 is 0.719 bits per heavy atom. The maximum absolute atomic E-state index is 14.0. The molecule has 0 saturated carbocycles. The summed E-state index contributed by atoms with van der Waals surface area (Å²) in [5, 5.41) is 50.0. The van der Waals surface area contributed by atoms with Crippen LogP contribution in [0.5, 0.6) is 11.5 Å². The zero-order chi connectivity index (χ0) is 47.4. The van der Waals surface area contributed by atoms with Gasteiger partial charge in [0.05, 0.1) is 6.42 Å².